The number of hydrogen-bond acceptors (Lipinski definition) is 5. The molecule has 1 aliphatic heterocycles. The average Bonchev–Trinajstić information content (AvgIpc) is 2.97. The number of nitrogens with zero attached hydrogens (tertiary/aromatic N) is 3. The summed E-state index contributed by atoms with van der Waals surface area (Å²) in [6, 6.07) is 17.0. The second-order valence-electron chi connectivity index (χ2n) is 4.75. The summed E-state index contributed by atoms with van der Waals surface area (Å²) in [4.78, 5) is 13.6. The topological polar surface area (TPSA) is 54.3 Å². The van der Waals surface area contributed by atoms with Crippen LogP contribution < -0.4 is 9.64 Å². The van der Waals surface area contributed by atoms with Crippen LogP contribution in [0.25, 0.3) is 0 Å². The van der Waals surface area contributed by atoms with E-state index in [0.29, 0.717) is 10.9 Å². The van der Waals surface area contributed by atoms with Gasteiger partial charge in [-0.05, 0) is 42.0 Å². The van der Waals surface area contributed by atoms with Gasteiger partial charge in [0.05, 0.1) is 24.8 Å². The molecule has 0 atom stereocenters. The first-order valence-corrected chi connectivity index (χ1v) is 8.02. The van der Waals surface area contributed by atoms with Crippen molar-refractivity contribution in [3.63, 3.8) is 0 Å². The Hall–Kier alpha value is -2.60. The molecule has 1 aliphatic rings. The SMILES string of the molecule is COc1ccc(/C=N/N=C2/SCC(=O)N2c2ccccc2)cc1. The van der Waals surface area contributed by atoms with E-state index in [2.05, 4.69) is 10.2 Å². The second-order valence-corrected chi connectivity index (χ2v) is 5.70. The number of methoxy groups -OCH3 is 1. The van der Waals surface area contributed by atoms with Gasteiger partial charge < -0.3 is 4.74 Å². The Balaban J connectivity index is 1.77. The highest BCUT2D eigenvalue weighted by Crippen LogP contribution is 2.26. The van der Waals surface area contributed by atoms with Gasteiger partial charge in [0.15, 0.2) is 5.17 Å². The molecule has 0 bridgehead atoms. The predicted molar refractivity (Wildman–Crippen MR) is 94.4 cm³/mol. The lowest BCUT2D eigenvalue weighted by Gasteiger charge is -2.14. The Morgan fingerprint density at radius 1 is 1.13 bits per heavy atom. The lowest BCUT2D eigenvalue weighted by Crippen LogP contribution is -2.28. The molecule has 1 fully saturated rings. The maximum Gasteiger partial charge on any atom is 0.243 e. The largest absolute Gasteiger partial charge is 0.497 e. The molecule has 0 spiro atoms. The van der Waals surface area contributed by atoms with Crippen LogP contribution in [0.4, 0.5) is 5.69 Å². The number of hydrogen-bond donors (Lipinski definition) is 0. The number of ether oxygens (including phenoxy) is 1. The number of para-hydroxylation sites is 1. The van der Waals surface area contributed by atoms with Crippen LogP contribution in [-0.4, -0.2) is 30.2 Å². The summed E-state index contributed by atoms with van der Waals surface area (Å²) in [6.07, 6.45) is 1.65. The van der Waals surface area contributed by atoms with E-state index in [4.69, 9.17) is 4.74 Å². The number of anilines is 1. The zero-order valence-electron chi connectivity index (χ0n) is 12.5. The van der Waals surface area contributed by atoms with E-state index in [-0.39, 0.29) is 5.91 Å². The fourth-order valence-corrected chi connectivity index (χ4v) is 2.92. The van der Waals surface area contributed by atoms with Crippen molar-refractivity contribution in [2.45, 2.75) is 0 Å². The average molecular weight is 325 g/mol. The molecule has 0 aromatic heterocycles. The van der Waals surface area contributed by atoms with Crippen LogP contribution in [-0.2, 0) is 4.79 Å². The van der Waals surface area contributed by atoms with Crippen molar-refractivity contribution in [1.82, 2.24) is 0 Å². The Morgan fingerprint density at radius 2 is 1.87 bits per heavy atom. The molecule has 3 rings (SSSR count). The Morgan fingerprint density at radius 3 is 2.57 bits per heavy atom. The smallest absolute Gasteiger partial charge is 0.243 e. The standard InChI is InChI=1S/C17H15N3O2S/c1-22-15-9-7-13(8-10-15)11-18-19-17-20(16(21)12-23-17)14-5-3-2-4-6-14/h2-11H,12H2,1H3/b18-11+,19-17+. The van der Waals surface area contributed by atoms with E-state index in [1.165, 1.54) is 11.8 Å². The molecule has 1 heterocycles. The molecular formula is C17H15N3O2S. The molecule has 0 saturated carbocycles. The first-order valence-electron chi connectivity index (χ1n) is 7.04. The highest BCUT2D eigenvalue weighted by molar-refractivity contribution is 8.15. The van der Waals surface area contributed by atoms with E-state index in [9.17, 15) is 4.79 Å². The van der Waals surface area contributed by atoms with Gasteiger partial charge in [0.2, 0.25) is 5.91 Å². The van der Waals surface area contributed by atoms with Gasteiger partial charge >= 0.3 is 0 Å². The van der Waals surface area contributed by atoms with Gasteiger partial charge in [0.1, 0.15) is 5.75 Å². The van der Waals surface area contributed by atoms with Crippen molar-refractivity contribution in [2.75, 3.05) is 17.8 Å². The van der Waals surface area contributed by atoms with E-state index in [1.807, 2.05) is 54.6 Å². The van der Waals surface area contributed by atoms with Crippen molar-refractivity contribution in [3.8, 4) is 5.75 Å². The van der Waals surface area contributed by atoms with Crippen molar-refractivity contribution < 1.29 is 9.53 Å². The monoisotopic (exact) mass is 325 g/mol. The van der Waals surface area contributed by atoms with Gasteiger partial charge in [-0.3, -0.25) is 9.69 Å². The van der Waals surface area contributed by atoms with Crippen LogP contribution in [0.15, 0.2) is 64.8 Å². The third-order valence-corrected chi connectivity index (χ3v) is 4.16. The molecule has 23 heavy (non-hydrogen) atoms. The summed E-state index contributed by atoms with van der Waals surface area (Å²) >= 11 is 1.39. The quantitative estimate of drug-likeness (QED) is 0.641. The van der Waals surface area contributed by atoms with Gasteiger partial charge in [0.25, 0.3) is 0 Å². The van der Waals surface area contributed by atoms with Crippen LogP contribution in [0.1, 0.15) is 5.56 Å². The van der Waals surface area contributed by atoms with E-state index >= 15 is 0 Å². The van der Waals surface area contributed by atoms with Gasteiger partial charge in [-0.1, -0.05) is 30.0 Å². The highest BCUT2D eigenvalue weighted by Gasteiger charge is 2.29. The lowest BCUT2D eigenvalue weighted by atomic mass is 10.2. The molecule has 1 saturated heterocycles. The summed E-state index contributed by atoms with van der Waals surface area (Å²) in [5.74, 6) is 1.19. The Labute approximate surface area is 138 Å². The van der Waals surface area contributed by atoms with Crippen molar-refractivity contribution in [1.29, 1.82) is 0 Å². The first-order chi connectivity index (χ1) is 11.3. The summed E-state index contributed by atoms with van der Waals surface area (Å²) in [5.41, 5.74) is 1.72. The van der Waals surface area contributed by atoms with Crippen molar-refractivity contribution in [3.05, 3.63) is 60.2 Å². The van der Waals surface area contributed by atoms with Crippen molar-refractivity contribution in [2.24, 2.45) is 10.2 Å². The predicted octanol–water partition coefficient (Wildman–Crippen LogP) is 3.17. The minimum Gasteiger partial charge on any atom is -0.497 e. The van der Waals surface area contributed by atoms with Gasteiger partial charge in [-0.2, -0.15) is 5.10 Å². The number of carbonyl (C=O) groups excluding carboxylic acids is 1. The molecule has 1 amide bonds. The number of benzene rings is 2. The minimum atomic E-state index is 0.0135. The van der Waals surface area contributed by atoms with Crippen molar-refractivity contribution >= 4 is 34.7 Å². The fourth-order valence-electron chi connectivity index (χ4n) is 2.10. The zero-order valence-corrected chi connectivity index (χ0v) is 13.4. The number of carbonyl (C=O) groups is 1. The van der Waals surface area contributed by atoms with Gasteiger partial charge in [0, 0.05) is 0 Å². The highest BCUT2D eigenvalue weighted by atomic mass is 32.2. The Bertz CT molecular complexity index is 742. The van der Waals surface area contributed by atoms with Crippen LogP contribution in [0.3, 0.4) is 0 Å². The Kier molecular flexibility index (Phi) is 4.73. The van der Waals surface area contributed by atoms with E-state index in [0.717, 1.165) is 17.0 Å². The van der Waals surface area contributed by atoms with Crippen LogP contribution in [0.2, 0.25) is 0 Å². The molecule has 0 unspecified atom stereocenters. The normalized spacial score (nSPS) is 16.5. The summed E-state index contributed by atoms with van der Waals surface area (Å²) < 4.78 is 5.11. The van der Waals surface area contributed by atoms with Crippen LogP contribution in [0.5, 0.6) is 5.75 Å². The summed E-state index contributed by atoms with van der Waals surface area (Å²) in [7, 11) is 1.63. The zero-order chi connectivity index (χ0) is 16.1. The molecule has 2 aromatic rings. The molecular weight excluding hydrogens is 310 g/mol. The molecule has 116 valence electrons. The first kappa shape index (κ1) is 15.3. The molecule has 0 aliphatic carbocycles. The summed E-state index contributed by atoms with van der Waals surface area (Å²) in [5, 5.41) is 8.88. The number of amidine groups is 1. The van der Waals surface area contributed by atoms with Crippen LogP contribution >= 0.6 is 11.8 Å². The fraction of sp³-hybridized carbons (Fsp3) is 0.118. The van der Waals surface area contributed by atoms with Gasteiger partial charge in [-0.25, -0.2) is 0 Å². The molecule has 0 N–H and O–H groups in total. The third-order valence-electron chi connectivity index (χ3n) is 3.25. The van der Waals surface area contributed by atoms with E-state index in [1.54, 1.807) is 18.2 Å². The van der Waals surface area contributed by atoms with Gasteiger partial charge in [-0.15, -0.1) is 5.10 Å². The lowest BCUT2D eigenvalue weighted by molar-refractivity contribution is -0.115. The second kappa shape index (κ2) is 7.11. The maximum atomic E-state index is 12.0. The number of rotatable bonds is 4. The number of thioether (sulfide) groups is 1. The molecule has 2 aromatic carbocycles. The minimum absolute atomic E-state index is 0.0135. The number of amides is 1. The maximum absolute atomic E-state index is 12.0. The molecule has 5 nitrogen and oxygen atoms in total. The third kappa shape index (κ3) is 3.60. The molecule has 0 radical (unpaired) electrons. The summed E-state index contributed by atoms with van der Waals surface area (Å²) in [6.45, 7) is 0. The van der Waals surface area contributed by atoms with E-state index < -0.39 is 0 Å². The molecule has 6 heteroatoms. The van der Waals surface area contributed by atoms with Crippen LogP contribution in [0, 0.1) is 0 Å².